The van der Waals surface area contributed by atoms with Gasteiger partial charge in [0.1, 0.15) is 0 Å². The highest BCUT2D eigenvalue weighted by atomic mass is 16.3. The van der Waals surface area contributed by atoms with Crippen LogP contribution in [0.5, 0.6) is 0 Å². The van der Waals surface area contributed by atoms with Crippen molar-refractivity contribution in [3.8, 4) is 0 Å². The Hall–Kier alpha value is -1.35. The van der Waals surface area contributed by atoms with E-state index in [1.165, 1.54) is 0 Å². The summed E-state index contributed by atoms with van der Waals surface area (Å²) in [6, 6.07) is 5.72. The fourth-order valence-corrected chi connectivity index (χ4v) is 1.56. The van der Waals surface area contributed by atoms with Gasteiger partial charge in [-0.1, -0.05) is 24.6 Å². The number of nitrogens with one attached hydrogen (secondary N) is 1. The van der Waals surface area contributed by atoms with E-state index in [0.717, 1.165) is 11.1 Å². The Kier molecular flexibility index (Phi) is 4.29. The van der Waals surface area contributed by atoms with Gasteiger partial charge in [-0.25, -0.2) is 0 Å². The zero-order chi connectivity index (χ0) is 13.1. The molecule has 1 amide bonds. The lowest BCUT2D eigenvalue weighted by molar-refractivity contribution is 0.0518. The summed E-state index contributed by atoms with van der Waals surface area (Å²) < 4.78 is 0. The van der Waals surface area contributed by atoms with Crippen molar-refractivity contribution >= 4 is 5.91 Å². The quantitative estimate of drug-likeness (QED) is 0.840. The fraction of sp³-hybridized carbons (Fsp3) is 0.500. The molecule has 1 aromatic rings. The minimum atomic E-state index is -0.839. The Labute approximate surface area is 103 Å². The highest BCUT2D eigenvalue weighted by molar-refractivity contribution is 5.95. The summed E-state index contributed by atoms with van der Waals surface area (Å²) >= 11 is 0. The normalized spacial score (nSPS) is 14.2. The van der Waals surface area contributed by atoms with Gasteiger partial charge in [-0.2, -0.15) is 0 Å². The Bertz CT molecular complexity index is 411. The Balaban J connectivity index is 2.71. The molecular weight excluding hydrogens is 214 g/mol. The summed E-state index contributed by atoms with van der Waals surface area (Å²) in [4.78, 5) is 11.9. The van der Waals surface area contributed by atoms with E-state index in [1.54, 1.807) is 6.92 Å². The maximum absolute atomic E-state index is 11.9. The van der Waals surface area contributed by atoms with Crippen LogP contribution in [-0.2, 0) is 0 Å². The molecule has 0 radical (unpaired) electrons. The van der Waals surface area contributed by atoms with E-state index in [-0.39, 0.29) is 12.5 Å². The molecule has 0 saturated heterocycles. The number of benzene rings is 1. The molecule has 0 aliphatic carbocycles. The van der Waals surface area contributed by atoms with Gasteiger partial charge in [0, 0.05) is 12.1 Å². The molecule has 0 spiro atoms. The largest absolute Gasteiger partial charge is 0.388 e. The van der Waals surface area contributed by atoms with Gasteiger partial charge < -0.3 is 10.4 Å². The second kappa shape index (κ2) is 5.32. The first kappa shape index (κ1) is 13.7. The number of amides is 1. The monoisotopic (exact) mass is 235 g/mol. The van der Waals surface area contributed by atoms with E-state index in [4.69, 9.17) is 0 Å². The van der Waals surface area contributed by atoms with Crippen LogP contribution in [0, 0.1) is 13.8 Å². The minimum absolute atomic E-state index is 0.128. The molecule has 0 bridgehead atoms. The molecule has 0 aliphatic heterocycles. The Morgan fingerprint density at radius 1 is 1.41 bits per heavy atom. The first-order valence-corrected chi connectivity index (χ1v) is 5.93. The van der Waals surface area contributed by atoms with Crippen LogP contribution in [0.1, 0.15) is 41.8 Å². The van der Waals surface area contributed by atoms with Gasteiger partial charge in [0.15, 0.2) is 0 Å². The average molecular weight is 235 g/mol. The van der Waals surface area contributed by atoms with Crippen molar-refractivity contribution in [3.63, 3.8) is 0 Å². The molecule has 1 atom stereocenters. The molecule has 94 valence electrons. The lowest BCUT2D eigenvalue weighted by atomic mass is 10.0. The first-order valence-electron chi connectivity index (χ1n) is 5.93. The lowest BCUT2D eigenvalue weighted by Crippen LogP contribution is -2.40. The van der Waals surface area contributed by atoms with Crippen molar-refractivity contribution in [2.24, 2.45) is 0 Å². The van der Waals surface area contributed by atoms with Gasteiger partial charge in [-0.05, 0) is 38.8 Å². The molecule has 3 nitrogen and oxygen atoms in total. The summed E-state index contributed by atoms with van der Waals surface area (Å²) in [7, 11) is 0. The molecule has 0 heterocycles. The second-order valence-electron chi connectivity index (χ2n) is 4.85. The van der Waals surface area contributed by atoms with Crippen LogP contribution in [0.4, 0.5) is 0 Å². The Morgan fingerprint density at radius 3 is 2.59 bits per heavy atom. The number of hydrogen-bond donors (Lipinski definition) is 2. The number of carbonyl (C=O) groups is 1. The van der Waals surface area contributed by atoms with Crippen LogP contribution >= 0.6 is 0 Å². The lowest BCUT2D eigenvalue weighted by Gasteiger charge is -2.21. The van der Waals surface area contributed by atoms with Gasteiger partial charge in [-0.15, -0.1) is 0 Å². The molecule has 0 saturated carbocycles. The van der Waals surface area contributed by atoms with Gasteiger partial charge in [0.05, 0.1) is 5.60 Å². The van der Waals surface area contributed by atoms with E-state index in [1.807, 2.05) is 39.0 Å². The summed E-state index contributed by atoms with van der Waals surface area (Å²) in [5, 5.41) is 12.6. The third-order valence-corrected chi connectivity index (χ3v) is 3.02. The SMILES string of the molecule is CCC(C)(O)CNC(=O)c1ccc(C)cc1C. The van der Waals surface area contributed by atoms with E-state index in [9.17, 15) is 9.90 Å². The van der Waals surface area contributed by atoms with Crippen molar-refractivity contribution in [1.29, 1.82) is 0 Å². The summed E-state index contributed by atoms with van der Waals surface area (Å²) in [5.41, 5.74) is 1.93. The predicted octanol–water partition coefficient (Wildman–Crippen LogP) is 2.19. The van der Waals surface area contributed by atoms with Crippen LogP contribution in [0.15, 0.2) is 18.2 Å². The van der Waals surface area contributed by atoms with E-state index in [2.05, 4.69) is 5.32 Å². The summed E-state index contributed by atoms with van der Waals surface area (Å²) in [5.74, 6) is -0.128. The van der Waals surface area contributed by atoms with Gasteiger partial charge in [0.2, 0.25) is 0 Å². The summed E-state index contributed by atoms with van der Waals surface area (Å²) in [6.45, 7) is 7.80. The van der Waals surface area contributed by atoms with Crippen molar-refractivity contribution in [2.75, 3.05) is 6.54 Å². The van der Waals surface area contributed by atoms with Crippen LogP contribution in [0.3, 0.4) is 0 Å². The fourth-order valence-electron chi connectivity index (χ4n) is 1.56. The van der Waals surface area contributed by atoms with Crippen molar-refractivity contribution in [3.05, 3.63) is 34.9 Å². The number of rotatable bonds is 4. The Morgan fingerprint density at radius 2 is 2.06 bits per heavy atom. The third-order valence-electron chi connectivity index (χ3n) is 3.02. The maximum Gasteiger partial charge on any atom is 0.251 e. The molecule has 17 heavy (non-hydrogen) atoms. The van der Waals surface area contributed by atoms with Crippen LogP contribution in [-0.4, -0.2) is 23.2 Å². The van der Waals surface area contributed by atoms with Crippen LogP contribution < -0.4 is 5.32 Å². The maximum atomic E-state index is 11.9. The van der Waals surface area contributed by atoms with Crippen molar-refractivity contribution in [1.82, 2.24) is 5.32 Å². The molecular formula is C14H21NO2. The van der Waals surface area contributed by atoms with Crippen molar-refractivity contribution in [2.45, 2.75) is 39.7 Å². The molecule has 1 aromatic carbocycles. The topological polar surface area (TPSA) is 49.3 Å². The highest BCUT2D eigenvalue weighted by Gasteiger charge is 2.19. The molecule has 1 rings (SSSR count). The standard InChI is InChI=1S/C14H21NO2/c1-5-14(4,17)9-15-13(16)12-7-6-10(2)8-11(12)3/h6-8,17H,5,9H2,1-4H3,(H,15,16). The first-order chi connectivity index (χ1) is 7.85. The van der Waals surface area contributed by atoms with Gasteiger partial charge in [0.25, 0.3) is 5.91 Å². The molecule has 0 aromatic heterocycles. The molecule has 3 heteroatoms. The van der Waals surface area contributed by atoms with Crippen LogP contribution in [0.2, 0.25) is 0 Å². The van der Waals surface area contributed by atoms with E-state index in [0.29, 0.717) is 12.0 Å². The zero-order valence-electron chi connectivity index (χ0n) is 11.0. The minimum Gasteiger partial charge on any atom is -0.388 e. The predicted molar refractivity (Wildman–Crippen MR) is 69.2 cm³/mol. The van der Waals surface area contributed by atoms with E-state index < -0.39 is 5.60 Å². The van der Waals surface area contributed by atoms with Crippen molar-refractivity contribution < 1.29 is 9.90 Å². The summed E-state index contributed by atoms with van der Waals surface area (Å²) in [6.07, 6.45) is 0.611. The van der Waals surface area contributed by atoms with Gasteiger partial charge >= 0.3 is 0 Å². The molecule has 2 N–H and O–H groups in total. The number of carbonyl (C=O) groups excluding carboxylic acids is 1. The highest BCUT2D eigenvalue weighted by Crippen LogP contribution is 2.11. The number of aryl methyl sites for hydroxylation is 2. The van der Waals surface area contributed by atoms with Gasteiger partial charge in [-0.3, -0.25) is 4.79 Å². The third kappa shape index (κ3) is 3.86. The molecule has 1 unspecified atom stereocenters. The van der Waals surface area contributed by atoms with Crippen LogP contribution in [0.25, 0.3) is 0 Å². The zero-order valence-corrected chi connectivity index (χ0v) is 11.0. The molecule has 0 fully saturated rings. The molecule has 0 aliphatic rings. The smallest absolute Gasteiger partial charge is 0.251 e. The average Bonchev–Trinajstić information content (AvgIpc) is 2.26. The number of hydrogen-bond acceptors (Lipinski definition) is 2. The number of aliphatic hydroxyl groups is 1. The second-order valence-corrected chi connectivity index (χ2v) is 4.85. The van der Waals surface area contributed by atoms with E-state index >= 15 is 0 Å².